The Kier molecular flexibility index (Phi) is 8.32. The summed E-state index contributed by atoms with van der Waals surface area (Å²) in [7, 11) is 0. The molecule has 9 heteroatoms. The molecule has 3 aromatic rings. The molecule has 1 amide bonds. The highest BCUT2D eigenvalue weighted by Crippen LogP contribution is 2.25. The summed E-state index contributed by atoms with van der Waals surface area (Å²) in [5.74, 6) is -1.51. The zero-order valence-corrected chi connectivity index (χ0v) is 19.4. The number of ether oxygens (including phenoxy) is 1. The Bertz CT molecular complexity index is 1220. The highest BCUT2D eigenvalue weighted by molar-refractivity contribution is 6.31. The fraction of sp³-hybridized carbons (Fsp3) is 0.200. The Morgan fingerprint density at radius 1 is 1.12 bits per heavy atom. The van der Waals surface area contributed by atoms with Crippen LogP contribution in [0.2, 0.25) is 5.15 Å². The third kappa shape index (κ3) is 6.62. The van der Waals surface area contributed by atoms with Gasteiger partial charge in [0, 0.05) is 30.7 Å². The van der Waals surface area contributed by atoms with Crippen LogP contribution in [0.3, 0.4) is 0 Å². The molecule has 1 heterocycles. The van der Waals surface area contributed by atoms with E-state index in [-0.39, 0.29) is 22.7 Å². The van der Waals surface area contributed by atoms with Gasteiger partial charge >= 0.3 is 5.97 Å². The Hall–Kier alpha value is -3.78. The third-order valence-corrected chi connectivity index (χ3v) is 5.28. The van der Waals surface area contributed by atoms with Crippen LogP contribution in [0.25, 0.3) is 11.8 Å². The van der Waals surface area contributed by atoms with E-state index in [2.05, 4.69) is 10.4 Å². The summed E-state index contributed by atoms with van der Waals surface area (Å²) in [6.07, 6.45) is 3.28. The lowest BCUT2D eigenvalue weighted by Crippen LogP contribution is -2.22. The molecule has 0 unspecified atom stereocenters. The number of aromatic nitrogens is 2. The van der Waals surface area contributed by atoms with Gasteiger partial charge in [0.15, 0.2) is 12.4 Å². The largest absolute Gasteiger partial charge is 0.454 e. The molecule has 1 aromatic heterocycles. The van der Waals surface area contributed by atoms with Crippen molar-refractivity contribution < 1.29 is 23.5 Å². The van der Waals surface area contributed by atoms with E-state index in [0.717, 1.165) is 5.56 Å². The second-order valence-electron chi connectivity index (χ2n) is 7.47. The smallest absolute Gasteiger partial charge is 0.331 e. The Morgan fingerprint density at radius 3 is 2.44 bits per heavy atom. The summed E-state index contributed by atoms with van der Waals surface area (Å²) in [5.41, 5.74) is 3.03. The predicted octanol–water partition coefficient (Wildman–Crippen LogP) is 4.09. The fourth-order valence-electron chi connectivity index (χ4n) is 3.11. The Morgan fingerprint density at radius 2 is 1.79 bits per heavy atom. The van der Waals surface area contributed by atoms with E-state index < -0.39 is 12.6 Å². The van der Waals surface area contributed by atoms with E-state index in [1.807, 2.05) is 0 Å². The van der Waals surface area contributed by atoms with E-state index >= 15 is 0 Å². The van der Waals surface area contributed by atoms with E-state index in [9.17, 15) is 18.8 Å². The van der Waals surface area contributed by atoms with Crippen molar-refractivity contribution in [2.45, 2.75) is 20.3 Å². The maximum atomic E-state index is 13.2. The Balaban J connectivity index is 1.56. The van der Waals surface area contributed by atoms with Crippen molar-refractivity contribution in [3.05, 3.63) is 88.0 Å². The molecule has 34 heavy (non-hydrogen) atoms. The highest BCUT2D eigenvalue weighted by atomic mass is 35.5. The number of amides is 1. The maximum absolute atomic E-state index is 13.2. The van der Waals surface area contributed by atoms with Gasteiger partial charge < -0.3 is 10.1 Å². The first-order chi connectivity index (χ1) is 16.2. The Labute approximate surface area is 201 Å². The van der Waals surface area contributed by atoms with Crippen molar-refractivity contribution in [3.8, 4) is 5.69 Å². The molecule has 0 bridgehead atoms. The van der Waals surface area contributed by atoms with Crippen LogP contribution in [-0.4, -0.2) is 40.6 Å². The van der Waals surface area contributed by atoms with Gasteiger partial charge in [-0.15, -0.1) is 0 Å². The van der Waals surface area contributed by atoms with Gasteiger partial charge in [-0.3, -0.25) is 9.59 Å². The summed E-state index contributed by atoms with van der Waals surface area (Å²) in [4.78, 5) is 35.3. The van der Waals surface area contributed by atoms with Gasteiger partial charge in [-0.1, -0.05) is 35.9 Å². The minimum atomic E-state index is -0.703. The second-order valence-corrected chi connectivity index (χ2v) is 7.83. The number of benzene rings is 2. The van der Waals surface area contributed by atoms with Gasteiger partial charge in [0.25, 0.3) is 0 Å². The van der Waals surface area contributed by atoms with E-state index in [1.165, 1.54) is 48.0 Å². The first kappa shape index (κ1) is 24.9. The molecule has 0 aliphatic heterocycles. The van der Waals surface area contributed by atoms with Crippen LogP contribution in [0.4, 0.5) is 4.39 Å². The highest BCUT2D eigenvalue weighted by Gasteiger charge is 2.14. The van der Waals surface area contributed by atoms with Crippen LogP contribution < -0.4 is 5.32 Å². The first-order valence-electron chi connectivity index (χ1n) is 10.5. The molecule has 176 valence electrons. The van der Waals surface area contributed by atoms with Gasteiger partial charge in [-0.05, 0) is 49.2 Å². The number of Topliss-reactive ketones (excluding diaryl/α,β-unsaturated/α-hetero) is 1. The molecule has 3 rings (SSSR count). The summed E-state index contributed by atoms with van der Waals surface area (Å²) >= 11 is 6.38. The minimum absolute atomic E-state index is 0.0955. The number of ketones is 1. The second kappa shape index (κ2) is 11.4. The quantitative estimate of drug-likeness (QED) is 0.281. The van der Waals surface area contributed by atoms with Crippen LogP contribution in [-0.2, 0) is 20.7 Å². The van der Waals surface area contributed by atoms with Crippen molar-refractivity contribution in [1.82, 2.24) is 15.1 Å². The molecule has 1 N–H and O–H groups in total. The zero-order chi connectivity index (χ0) is 24.7. The fourth-order valence-corrected chi connectivity index (χ4v) is 3.45. The third-order valence-electron chi connectivity index (χ3n) is 4.91. The average Bonchev–Trinajstić information content (AvgIpc) is 3.10. The molecular formula is C25H23ClFN3O4. The van der Waals surface area contributed by atoms with E-state index in [0.29, 0.717) is 35.5 Å². The summed E-state index contributed by atoms with van der Waals surface area (Å²) in [6.45, 7) is 3.28. The number of hydrogen-bond acceptors (Lipinski definition) is 5. The van der Waals surface area contributed by atoms with Crippen LogP contribution in [0, 0.1) is 12.7 Å². The number of rotatable bonds is 9. The van der Waals surface area contributed by atoms with Gasteiger partial charge in [0.05, 0.1) is 11.4 Å². The van der Waals surface area contributed by atoms with Crippen LogP contribution in [0.1, 0.15) is 34.1 Å². The van der Waals surface area contributed by atoms with Gasteiger partial charge in [0.2, 0.25) is 5.91 Å². The molecule has 2 aromatic carbocycles. The molecule has 0 saturated carbocycles. The van der Waals surface area contributed by atoms with Crippen LogP contribution in [0.5, 0.6) is 0 Å². The SMILES string of the molecule is CC(=O)NCCc1ccc(C(=O)COC(=O)/C=C/c2c(C)nn(-c3ccc(F)cc3)c2Cl)cc1. The van der Waals surface area contributed by atoms with Crippen molar-refractivity contribution >= 4 is 35.3 Å². The van der Waals surface area contributed by atoms with Crippen LogP contribution >= 0.6 is 11.6 Å². The molecular weight excluding hydrogens is 461 g/mol. The van der Waals surface area contributed by atoms with Crippen molar-refractivity contribution in [1.29, 1.82) is 0 Å². The van der Waals surface area contributed by atoms with Crippen molar-refractivity contribution in [2.24, 2.45) is 0 Å². The molecule has 0 aliphatic carbocycles. The van der Waals surface area contributed by atoms with E-state index in [1.54, 1.807) is 31.2 Å². The zero-order valence-electron chi connectivity index (χ0n) is 18.7. The lowest BCUT2D eigenvalue weighted by atomic mass is 10.1. The molecule has 0 fully saturated rings. The number of aryl methyl sites for hydroxylation is 1. The summed E-state index contributed by atoms with van der Waals surface area (Å²) in [5, 5.41) is 7.28. The lowest BCUT2D eigenvalue weighted by molar-refractivity contribution is -0.136. The summed E-state index contributed by atoms with van der Waals surface area (Å²) in [6, 6.07) is 12.6. The average molecular weight is 484 g/mol. The monoisotopic (exact) mass is 483 g/mol. The number of esters is 1. The van der Waals surface area contributed by atoms with Gasteiger partial charge in [-0.2, -0.15) is 5.10 Å². The van der Waals surface area contributed by atoms with Gasteiger partial charge in [-0.25, -0.2) is 13.9 Å². The first-order valence-corrected chi connectivity index (χ1v) is 10.8. The standard InChI is InChI=1S/C25H23ClFN3O4/c1-16-22(25(26)30(29-16)21-9-7-20(27)8-10-21)11-12-24(33)34-15-23(32)19-5-3-18(4-6-19)13-14-28-17(2)31/h3-12H,13-15H2,1-2H3,(H,28,31)/b12-11+. The molecule has 7 nitrogen and oxygen atoms in total. The van der Waals surface area contributed by atoms with Crippen LogP contribution in [0.15, 0.2) is 54.6 Å². The maximum Gasteiger partial charge on any atom is 0.331 e. The minimum Gasteiger partial charge on any atom is -0.454 e. The van der Waals surface area contributed by atoms with Crippen molar-refractivity contribution in [3.63, 3.8) is 0 Å². The van der Waals surface area contributed by atoms with E-state index in [4.69, 9.17) is 16.3 Å². The number of carbonyl (C=O) groups excluding carboxylic acids is 3. The molecule has 0 spiro atoms. The number of nitrogens with one attached hydrogen (secondary N) is 1. The predicted molar refractivity (Wildman–Crippen MR) is 126 cm³/mol. The number of nitrogens with zero attached hydrogens (tertiary/aromatic N) is 2. The molecule has 0 saturated heterocycles. The van der Waals surface area contributed by atoms with Crippen molar-refractivity contribution in [2.75, 3.05) is 13.2 Å². The molecule has 0 atom stereocenters. The molecule has 0 aliphatic rings. The number of carbonyl (C=O) groups is 3. The number of hydrogen-bond donors (Lipinski definition) is 1. The molecule has 0 radical (unpaired) electrons. The normalized spacial score (nSPS) is 10.9. The number of halogens is 2. The van der Waals surface area contributed by atoms with Gasteiger partial charge in [0.1, 0.15) is 11.0 Å². The topological polar surface area (TPSA) is 90.3 Å². The summed E-state index contributed by atoms with van der Waals surface area (Å²) < 4.78 is 19.6. The lowest BCUT2D eigenvalue weighted by Gasteiger charge is -2.05.